The van der Waals surface area contributed by atoms with Crippen LogP contribution in [0.4, 0.5) is 11.6 Å². The van der Waals surface area contributed by atoms with Crippen molar-refractivity contribution in [2.24, 2.45) is 0 Å². The normalized spacial score (nSPS) is 14.1. The Morgan fingerprint density at radius 2 is 1.79 bits per heavy atom. The van der Waals surface area contributed by atoms with E-state index in [-0.39, 0.29) is 5.91 Å². The summed E-state index contributed by atoms with van der Waals surface area (Å²) < 4.78 is 5.33. The standard InChI is InChI=1S/C20H28N6O2/c1-4-24(5-2)17-8-9-18(23-22-17)25-11-13-26(14-12-25)20(27)16-7-10-19(21-15-16)28-6-3/h7-10,15H,4-6,11-14H2,1-3H3. The molecule has 0 atom stereocenters. The summed E-state index contributed by atoms with van der Waals surface area (Å²) in [7, 11) is 0. The highest BCUT2D eigenvalue weighted by molar-refractivity contribution is 5.94. The minimum absolute atomic E-state index is 0.00170. The predicted octanol–water partition coefficient (Wildman–Crippen LogP) is 2.08. The monoisotopic (exact) mass is 384 g/mol. The van der Waals surface area contributed by atoms with Crippen molar-refractivity contribution in [2.45, 2.75) is 20.8 Å². The number of anilines is 2. The number of carbonyl (C=O) groups is 1. The van der Waals surface area contributed by atoms with Gasteiger partial charge in [-0.2, -0.15) is 0 Å². The summed E-state index contributed by atoms with van der Waals surface area (Å²) in [5.74, 6) is 2.28. The second-order valence-electron chi connectivity index (χ2n) is 6.52. The minimum Gasteiger partial charge on any atom is -0.478 e. The average molecular weight is 384 g/mol. The molecule has 0 N–H and O–H groups in total. The van der Waals surface area contributed by atoms with E-state index < -0.39 is 0 Å². The molecule has 8 heteroatoms. The van der Waals surface area contributed by atoms with E-state index in [2.05, 4.69) is 38.8 Å². The number of pyridine rings is 1. The van der Waals surface area contributed by atoms with E-state index in [0.29, 0.717) is 31.1 Å². The van der Waals surface area contributed by atoms with Gasteiger partial charge in [-0.1, -0.05) is 0 Å². The van der Waals surface area contributed by atoms with Crippen LogP contribution in [0.5, 0.6) is 5.88 Å². The summed E-state index contributed by atoms with van der Waals surface area (Å²) in [5, 5.41) is 8.74. The van der Waals surface area contributed by atoms with Crippen LogP contribution in [0.25, 0.3) is 0 Å². The summed E-state index contributed by atoms with van der Waals surface area (Å²) in [6.07, 6.45) is 1.58. The molecule has 3 rings (SSSR count). The van der Waals surface area contributed by atoms with Crippen LogP contribution in [0, 0.1) is 0 Å². The number of hydrogen-bond acceptors (Lipinski definition) is 7. The molecule has 1 saturated heterocycles. The van der Waals surface area contributed by atoms with Gasteiger partial charge in [0.1, 0.15) is 0 Å². The molecule has 3 heterocycles. The first-order valence-corrected chi connectivity index (χ1v) is 9.88. The van der Waals surface area contributed by atoms with Crippen molar-refractivity contribution in [1.29, 1.82) is 0 Å². The third-order valence-electron chi connectivity index (χ3n) is 4.89. The zero-order chi connectivity index (χ0) is 19.9. The van der Waals surface area contributed by atoms with Crippen LogP contribution in [-0.4, -0.2) is 71.9 Å². The largest absolute Gasteiger partial charge is 0.478 e. The molecule has 0 bridgehead atoms. The van der Waals surface area contributed by atoms with Gasteiger partial charge in [-0.25, -0.2) is 4.98 Å². The Morgan fingerprint density at radius 1 is 1.04 bits per heavy atom. The van der Waals surface area contributed by atoms with Crippen molar-refractivity contribution in [3.8, 4) is 5.88 Å². The Labute approximate surface area is 166 Å². The lowest BCUT2D eigenvalue weighted by atomic mass is 10.2. The molecular weight excluding hydrogens is 356 g/mol. The van der Waals surface area contributed by atoms with E-state index >= 15 is 0 Å². The first-order chi connectivity index (χ1) is 13.7. The summed E-state index contributed by atoms with van der Waals surface area (Å²) in [6, 6.07) is 7.52. The molecule has 0 saturated carbocycles. The van der Waals surface area contributed by atoms with Gasteiger partial charge in [0.2, 0.25) is 5.88 Å². The number of aromatic nitrogens is 3. The lowest BCUT2D eigenvalue weighted by Crippen LogP contribution is -2.49. The second-order valence-corrected chi connectivity index (χ2v) is 6.52. The topological polar surface area (TPSA) is 74.7 Å². The molecule has 2 aromatic heterocycles. The number of rotatable bonds is 7. The summed E-state index contributed by atoms with van der Waals surface area (Å²) in [6.45, 7) is 11.2. The molecule has 150 valence electrons. The lowest BCUT2D eigenvalue weighted by Gasteiger charge is -2.35. The fourth-order valence-electron chi connectivity index (χ4n) is 3.26. The Morgan fingerprint density at radius 3 is 2.32 bits per heavy atom. The number of ether oxygens (including phenoxy) is 1. The average Bonchev–Trinajstić information content (AvgIpc) is 2.75. The maximum Gasteiger partial charge on any atom is 0.255 e. The lowest BCUT2D eigenvalue weighted by molar-refractivity contribution is 0.0746. The van der Waals surface area contributed by atoms with Crippen LogP contribution in [0.15, 0.2) is 30.5 Å². The number of amides is 1. The van der Waals surface area contributed by atoms with Crippen LogP contribution < -0.4 is 14.5 Å². The van der Waals surface area contributed by atoms with Crippen molar-refractivity contribution in [1.82, 2.24) is 20.1 Å². The van der Waals surface area contributed by atoms with Crippen molar-refractivity contribution in [2.75, 3.05) is 55.7 Å². The Kier molecular flexibility index (Phi) is 6.62. The van der Waals surface area contributed by atoms with Gasteiger partial charge in [0, 0.05) is 51.5 Å². The van der Waals surface area contributed by atoms with E-state index in [1.54, 1.807) is 18.3 Å². The van der Waals surface area contributed by atoms with Crippen LogP contribution in [-0.2, 0) is 0 Å². The van der Waals surface area contributed by atoms with E-state index in [4.69, 9.17) is 4.74 Å². The third-order valence-corrected chi connectivity index (χ3v) is 4.89. The first kappa shape index (κ1) is 19.9. The summed E-state index contributed by atoms with van der Waals surface area (Å²) >= 11 is 0. The molecule has 1 aliphatic rings. The van der Waals surface area contributed by atoms with E-state index in [9.17, 15) is 4.79 Å². The Bertz CT molecular complexity index is 753. The van der Waals surface area contributed by atoms with Crippen LogP contribution in [0.2, 0.25) is 0 Å². The summed E-state index contributed by atoms with van der Waals surface area (Å²) in [4.78, 5) is 23.1. The van der Waals surface area contributed by atoms with Crippen LogP contribution in [0.3, 0.4) is 0 Å². The van der Waals surface area contributed by atoms with Crippen LogP contribution in [0.1, 0.15) is 31.1 Å². The van der Waals surface area contributed by atoms with Crippen molar-refractivity contribution in [3.63, 3.8) is 0 Å². The minimum atomic E-state index is -0.00170. The van der Waals surface area contributed by atoms with Gasteiger partial charge in [-0.3, -0.25) is 4.79 Å². The predicted molar refractivity (Wildman–Crippen MR) is 109 cm³/mol. The van der Waals surface area contributed by atoms with E-state index in [0.717, 1.165) is 37.8 Å². The van der Waals surface area contributed by atoms with Crippen molar-refractivity contribution in [3.05, 3.63) is 36.0 Å². The molecule has 2 aromatic rings. The molecule has 0 aromatic carbocycles. The van der Waals surface area contributed by atoms with Crippen LogP contribution >= 0.6 is 0 Å². The molecule has 0 radical (unpaired) electrons. The van der Waals surface area contributed by atoms with E-state index in [1.165, 1.54) is 0 Å². The SMILES string of the molecule is CCOc1ccc(C(=O)N2CCN(c3ccc(N(CC)CC)nn3)CC2)cn1. The molecule has 0 spiro atoms. The van der Waals surface area contributed by atoms with Gasteiger partial charge < -0.3 is 19.4 Å². The highest BCUT2D eigenvalue weighted by Crippen LogP contribution is 2.18. The van der Waals surface area contributed by atoms with Gasteiger partial charge in [0.05, 0.1) is 12.2 Å². The molecule has 0 aliphatic carbocycles. The maximum absolute atomic E-state index is 12.7. The third kappa shape index (κ3) is 4.49. The van der Waals surface area contributed by atoms with Gasteiger partial charge >= 0.3 is 0 Å². The molecular formula is C20H28N6O2. The number of carbonyl (C=O) groups excluding carboxylic acids is 1. The molecule has 1 amide bonds. The Balaban J connectivity index is 1.57. The highest BCUT2D eigenvalue weighted by Gasteiger charge is 2.23. The zero-order valence-electron chi connectivity index (χ0n) is 16.8. The fourth-order valence-corrected chi connectivity index (χ4v) is 3.26. The molecule has 8 nitrogen and oxygen atoms in total. The van der Waals surface area contributed by atoms with Gasteiger partial charge in [0.25, 0.3) is 5.91 Å². The van der Waals surface area contributed by atoms with Crippen molar-refractivity contribution < 1.29 is 9.53 Å². The fraction of sp³-hybridized carbons (Fsp3) is 0.500. The first-order valence-electron chi connectivity index (χ1n) is 9.88. The number of piperazine rings is 1. The maximum atomic E-state index is 12.7. The van der Waals surface area contributed by atoms with Gasteiger partial charge in [-0.15, -0.1) is 10.2 Å². The molecule has 0 unspecified atom stereocenters. The Hall–Kier alpha value is -2.90. The van der Waals surface area contributed by atoms with Gasteiger partial charge in [0.15, 0.2) is 11.6 Å². The molecule has 1 fully saturated rings. The quantitative estimate of drug-likeness (QED) is 0.723. The van der Waals surface area contributed by atoms with E-state index in [1.807, 2.05) is 24.0 Å². The molecule has 1 aliphatic heterocycles. The number of hydrogen-bond donors (Lipinski definition) is 0. The summed E-state index contributed by atoms with van der Waals surface area (Å²) in [5.41, 5.74) is 0.584. The van der Waals surface area contributed by atoms with Crippen molar-refractivity contribution >= 4 is 17.5 Å². The highest BCUT2D eigenvalue weighted by atomic mass is 16.5. The second kappa shape index (κ2) is 9.34. The molecule has 28 heavy (non-hydrogen) atoms. The smallest absolute Gasteiger partial charge is 0.255 e. The zero-order valence-corrected chi connectivity index (χ0v) is 16.8. The number of nitrogens with zero attached hydrogens (tertiary/aromatic N) is 6. The van der Waals surface area contributed by atoms with Gasteiger partial charge in [-0.05, 0) is 39.0 Å².